The number of aromatic nitrogens is 4. The summed E-state index contributed by atoms with van der Waals surface area (Å²) < 4.78 is 39.2. The molecule has 0 amide bonds. The minimum absolute atomic E-state index is 0.0132. The van der Waals surface area contributed by atoms with Crippen LogP contribution in [0.15, 0.2) is 18.3 Å². The topological polar surface area (TPSA) is 43.6 Å². The van der Waals surface area contributed by atoms with Gasteiger partial charge in [-0.2, -0.15) is 23.3 Å². The van der Waals surface area contributed by atoms with Crippen LogP contribution in [0.2, 0.25) is 5.28 Å². The molecule has 2 heterocycles. The second-order valence-corrected chi connectivity index (χ2v) is 4.68. The lowest BCUT2D eigenvalue weighted by atomic mass is 10.3. The van der Waals surface area contributed by atoms with E-state index in [9.17, 15) is 13.2 Å². The van der Waals surface area contributed by atoms with Gasteiger partial charge in [-0.25, -0.2) is 9.67 Å². The highest BCUT2D eigenvalue weighted by Crippen LogP contribution is 2.39. The van der Waals surface area contributed by atoms with Gasteiger partial charge in [0.15, 0.2) is 11.5 Å². The Hall–Kier alpha value is -1.63. The van der Waals surface area contributed by atoms with Gasteiger partial charge in [-0.15, -0.1) is 0 Å². The molecule has 0 N–H and O–H groups in total. The molecule has 0 aliphatic heterocycles. The zero-order chi connectivity index (χ0) is 13.6. The van der Waals surface area contributed by atoms with Crippen molar-refractivity contribution in [3.63, 3.8) is 0 Å². The fourth-order valence-electron chi connectivity index (χ4n) is 1.73. The number of hydrogen-bond donors (Lipinski definition) is 0. The van der Waals surface area contributed by atoms with Crippen LogP contribution in [0.4, 0.5) is 13.2 Å². The van der Waals surface area contributed by atoms with E-state index in [0.717, 1.165) is 24.6 Å². The van der Waals surface area contributed by atoms with Crippen molar-refractivity contribution < 1.29 is 13.2 Å². The molecule has 0 atom stereocenters. The smallest absolute Gasteiger partial charge is 0.222 e. The Balaban J connectivity index is 2.01. The largest absolute Gasteiger partial charge is 0.433 e. The molecule has 0 spiro atoms. The van der Waals surface area contributed by atoms with Crippen molar-refractivity contribution in [1.82, 2.24) is 19.7 Å². The van der Waals surface area contributed by atoms with Gasteiger partial charge in [0.05, 0.1) is 5.69 Å². The van der Waals surface area contributed by atoms with Crippen LogP contribution in [0, 0.1) is 0 Å². The van der Waals surface area contributed by atoms with Gasteiger partial charge in [-0.3, -0.25) is 0 Å². The second kappa shape index (κ2) is 4.19. The molecule has 0 aromatic carbocycles. The average molecular weight is 289 g/mol. The maximum absolute atomic E-state index is 12.6. The Morgan fingerprint density at radius 2 is 2.00 bits per heavy atom. The summed E-state index contributed by atoms with van der Waals surface area (Å²) in [5.41, 5.74) is -0.214. The van der Waals surface area contributed by atoms with Crippen molar-refractivity contribution in [3.05, 3.63) is 35.0 Å². The third-order valence-corrected chi connectivity index (χ3v) is 2.98. The molecule has 0 bridgehead atoms. The molecule has 1 saturated carbocycles. The van der Waals surface area contributed by atoms with Gasteiger partial charge in [0.2, 0.25) is 5.28 Å². The van der Waals surface area contributed by atoms with Crippen LogP contribution in [0.5, 0.6) is 0 Å². The minimum atomic E-state index is -4.56. The van der Waals surface area contributed by atoms with Gasteiger partial charge in [-0.1, -0.05) is 0 Å². The molecule has 3 rings (SSSR count). The Morgan fingerprint density at radius 1 is 1.26 bits per heavy atom. The van der Waals surface area contributed by atoms with Crippen LogP contribution in [-0.4, -0.2) is 19.7 Å². The first-order chi connectivity index (χ1) is 8.93. The molecule has 19 heavy (non-hydrogen) atoms. The molecule has 0 radical (unpaired) electrons. The third-order valence-electron chi connectivity index (χ3n) is 2.82. The monoisotopic (exact) mass is 288 g/mol. The van der Waals surface area contributed by atoms with E-state index in [2.05, 4.69) is 15.1 Å². The van der Waals surface area contributed by atoms with E-state index in [-0.39, 0.29) is 5.82 Å². The number of hydrogen-bond acceptors (Lipinski definition) is 3. The van der Waals surface area contributed by atoms with Crippen molar-refractivity contribution in [2.75, 3.05) is 0 Å². The van der Waals surface area contributed by atoms with Crippen molar-refractivity contribution in [1.29, 1.82) is 0 Å². The van der Waals surface area contributed by atoms with Crippen molar-refractivity contribution >= 4 is 11.6 Å². The van der Waals surface area contributed by atoms with E-state index in [0.29, 0.717) is 5.92 Å². The molecule has 0 unspecified atom stereocenters. The molecule has 4 nitrogen and oxygen atoms in total. The number of nitrogens with zero attached hydrogens (tertiary/aromatic N) is 4. The van der Waals surface area contributed by atoms with Crippen molar-refractivity contribution in [2.45, 2.75) is 24.9 Å². The first-order valence-corrected chi connectivity index (χ1v) is 5.99. The van der Waals surface area contributed by atoms with E-state index in [1.165, 1.54) is 4.68 Å². The summed E-state index contributed by atoms with van der Waals surface area (Å²) in [6.07, 6.45) is -0.856. The lowest BCUT2D eigenvalue weighted by Crippen LogP contribution is -2.11. The summed E-state index contributed by atoms with van der Waals surface area (Å²) in [6, 6.07) is 2.61. The van der Waals surface area contributed by atoms with Crippen LogP contribution in [0.1, 0.15) is 30.1 Å². The van der Waals surface area contributed by atoms with E-state index >= 15 is 0 Å². The predicted molar refractivity (Wildman–Crippen MR) is 61.1 cm³/mol. The summed E-state index contributed by atoms with van der Waals surface area (Å²) in [6.45, 7) is 0. The van der Waals surface area contributed by atoms with Crippen LogP contribution in [-0.2, 0) is 6.18 Å². The highest BCUT2D eigenvalue weighted by molar-refractivity contribution is 6.28. The molecular formula is C11H8ClF3N4. The van der Waals surface area contributed by atoms with E-state index in [4.69, 9.17) is 11.6 Å². The molecule has 2 aromatic rings. The molecular weight excluding hydrogens is 281 g/mol. The minimum Gasteiger partial charge on any atom is -0.222 e. The molecule has 2 aromatic heterocycles. The zero-order valence-corrected chi connectivity index (χ0v) is 10.3. The maximum Gasteiger partial charge on any atom is 0.433 e. The predicted octanol–water partition coefficient (Wildman–Crippen LogP) is 3.21. The molecule has 0 saturated heterocycles. The van der Waals surface area contributed by atoms with Crippen molar-refractivity contribution in [2.24, 2.45) is 0 Å². The Labute approximate surface area is 111 Å². The first-order valence-electron chi connectivity index (χ1n) is 5.61. The van der Waals surface area contributed by atoms with Gasteiger partial charge >= 0.3 is 6.18 Å². The second-order valence-electron chi connectivity index (χ2n) is 4.34. The first kappa shape index (κ1) is 12.4. The number of halogens is 4. The van der Waals surface area contributed by atoms with Gasteiger partial charge in [-0.05, 0) is 30.5 Å². The third kappa shape index (κ3) is 2.56. The standard InChI is InChI=1S/C11H8ClF3N4/c12-10-16-8(11(13,14)15)5-9(17-10)19-4-3-7(18-19)6-1-2-6/h3-6H,1-2H2. The summed E-state index contributed by atoms with van der Waals surface area (Å²) >= 11 is 5.52. The highest BCUT2D eigenvalue weighted by Gasteiger charge is 2.34. The number of rotatable bonds is 2. The Bertz CT molecular complexity index is 619. The highest BCUT2D eigenvalue weighted by atomic mass is 35.5. The van der Waals surface area contributed by atoms with Crippen LogP contribution in [0.3, 0.4) is 0 Å². The van der Waals surface area contributed by atoms with Crippen LogP contribution >= 0.6 is 11.6 Å². The quantitative estimate of drug-likeness (QED) is 0.797. The van der Waals surface area contributed by atoms with Crippen molar-refractivity contribution in [3.8, 4) is 5.82 Å². The van der Waals surface area contributed by atoms with Gasteiger partial charge < -0.3 is 0 Å². The molecule has 100 valence electrons. The van der Waals surface area contributed by atoms with Gasteiger partial charge in [0.1, 0.15) is 0 Å². The lowest BCUT2D eigenvalue weighted by molar-refractivity contribution is -0.141. The van der Waals surface area contributed by atoms with E-state index in [1.807, 2.05) is 0 Å². The SMILES string of the molecule is FC(F)(F)c1cc(-n2ccc(C3CC3)n2)nc(Cl)n1. The average Bonchev–Trinajstić information content (AvgIpc) is 3.05. The summed E-state index contributed by atoms with van der Waals surface area (Å²) in [5, 5.41) is 3.76. The fraction of sp³-hybridized carbons (Fsp3) is 0.364. The maximum atomic E-state index is 12.6. The van der Waals surface area contributed by atoms with Crippen LogP contribution in [0.25, 0.3) is 5.82 Å². The summed E-state index contributed by atoms with van der Waals surface area (Å²) in [5.74, 6) is 0.430. The normalized spacial score (nSPS) is 15.8. The Kier molecular flexibility index (Phi) is 2.74. The molecule has 1 aliphatic rings. The van der Waals surface area contributed by atoms with E-state index < -0.39 is 17.2 Å². The van der Waals surface area contributed by atoms with Crippen LogP contribution < -0.4 is 0 Å². The Morgan fingerprint density at radius 3 is 2.63 bits per heavy atom. The number of alkyl halides is 3. The van der Waals surface area contributed by atoms with E-state index in [1.54, 1.807) is 12.3 Å². The van der Waals surface area contributed by atoms with Gasteiger partial charge in [0.25, 0.3) is 0 Å². The lowest BCUT2D eigenvalue weighted by Gasteiger charge is -2.07. The molecule has 8 heteroatoms. The zero-order valence-electron chi connectivity index (χ0n) is 9.52. The summed E-state index contributed by atoms with van der Waals surface area (Å²) in [4.78, 5) is 6.94. The fourth-order valence-corrected chi connectivity index (χ4v) is 1.91. The van der Waals surface area contributed by atoms with Gasteiger partial charge in [0, 0.05) is 18.2 Å². The molecule has 1 fully saturated rings. The summed E-state index contributed by atoms with van der Waals surface area (Å²) in [7, 11) is 0. The molecule has 1 aliphatic carbocycles.